The minimum atomic E-state index is 0. The van der Waals surface area contributed by atoms with Gasteiger partial charge in [0.25, 0.3) is 0 Å². The van der Waals surface area contributed by atoms with Gasteiger partial charge in [-0.05, 0) is 0 Å². The van der Waals surface area contributed by atoms with E-state index in [9.17, 15) is 0 Å². The van der Waals surface area contributed by atoms with Gasteiger partial charge in [0.05, 0.1) is 0 Å². The van der Waals surface area contributed by atoms with E-state index >= 15 is 0 Å². The first-order valence-electron chi connectivity index (χ1n) is 0. The molecule has 0 aromatic carbocycles. The summed E-state index contributed by atoms with van der Waals surface area (Å²) in [6.45, 7) is 0. The summed E-state index contributed by atoms with van der Waals surface area (Å²) in [5.74, 6) is 0. The molecule has 0 fully saturated rings. The molecule has 0 atom stereocenters. The molecule has 0 aliphatic carbocycles. The predicted molar refractivity (Wildman–Crippen MR) is 3.17 cm³/mol. The summed E-state index contributed by atoms with van der Waals surface area (Å²) in [5, 5.41) is 0. The van der Waals surface area contributed by atoms with Gasteiger partial charge in [0.2, 0.25) is 0 Å². The third kappa shape index (κ3) is 31.2. The molecule has 0 saturated carbocycles. The molecule has 0 aromatic heterocycles. The molecule has 0 N–H and O–H groups in total. The maximum Gasteiger partial charge on any atom is 3.00 e. The summed E-state index contributed by atoms with van der Waals surface area (Å²) in [5.41, 5.74) is 0. The zero-order valence-electron chi connectivity index (χ0n) is 2.68. The molecule has 3 nitrogen and oxygen atoms in total. The van der Waals surface area contributed by atoms with Crippen LogP contribution in [0.5, 0.6) is 0 Å². The second-order valence-electron chi connectivity index (χ2n) is 0. The van der Waals surface area contributed by atoms with E-state index in [1.54, 1.807) is 0 Å². The molecule has 6 heavy (non-hydrogen) atoms. The Morgan fingerprint density at radius 1 is 0.667 bits per heavy atom. The molecular formula is FNdO3Pr. The smallest absolute Gasteiger partial charge is 2.00 e. The van der Waals surface area contributed by atoms with E-state index < -0.39 is 0 Å². The number of hydrogen-bond donors (Lipinski definition) is 0. The van der Waals surface area contributed by atoms with Gasteiger partial charge in [-0.2, -0.15) is 0 Å². The summed E-state index contributed by atoms with van der Waals surface area (Å²) in [6, 6.07) is 0. The van der Waals surface area contributed by atoms with Crippen molar-refractivity contribution in [2.24, 2.45) is 0 Å². The van der Waals surface area contributed by atoms with Gasteiger partial charge in [0.1, 0.15) is 0 Å². The molecule has 0 rings (SSSR count). The van der Waals surface area contributed by atoms with Crippen LogP contribution in [0.3, 0.4) is 0 Å². The van der Waals surface area contributed by atoms with Crippen molar-refractivity contribution < 1.29 is 103 Å². The fourth-order valence-electron chi connectivity index (χ4n) is 0. The maximum absolute atomic E-state index is 0. The molecule has 0 bridgehead atoms. The first-order chi connectivity index (χ1) is 0. The average molecular weight is 352 g/mol. The van der Waals surface area contributed by atoms with Crippen LogP contribution < -0.4 is 0 Å². The third-order valence-electron chi connectivity index (χ3n) is 0. The van der Waals surface area contributed by atoms with Crippen molar-refractivity contribution in [3.8, 4) is 0 Å². The normalized spacial score (nSPS) is 0. The first kappa shape index (κ1) is 75.7. The number of halogens is 1. The fraction of sp³-hybridized carbons (Fsp3) is 0. The molecule has 0 aliphatic rings. The standard InChI is InChI=1S/F.Nd.3O.Pr/q;+3;3*-2;+3. The second-order valence-corrected chi connectivity index (χ2v) is 0. The zero-order chi connectivity index (χ0) is 0. The Hall–Kier alpha value is 2.52. The predicted octanol–water partition coefficient (Wildman–Crippen LogP) is 0.0638. The molecule has 0 aliphatic heterocycles. The Kier molecular flexibility index (Phi) is 634. The number of rotatable bonds is 0. The fourth-order valence-corrected chi connectivity index (χ4v) is 0. The topological polar surface area (TPSA) is 85.5 Å². The van der Waals surface area contributed by atoms with Crippen LogP contribution in [0.2, 0.25) is 0 Å². The van der Waals surface area contributed by atoms with Crippen LogP contribution in [0.4, 0.5) is 4.70 Å². The Morgan fingerprint density at radius 3 is 0.667 bits per heavy atom. The summed E-state index contributed by atoms with van der Waals surface area (Å²) in [4.78, 5) is 0. The van der Waals surface area contributed by atoms with E-state index in [1.807, 2.05) is 0 Å². The maximum atomic E-state index is 0. The molecule has 32 valence electrons. The Bertz CT molecular complexity index is 10.8. The van der Waals surface area contributed by atoms with Crippen LogP contribution in [0.15, 0.2) is 0 Å². The van der Waals surface area contributed by atoms with Crippen molar-refractivity contribution in [3.05, 3.63) is 0 Å². The zero-order valence-corrected chi connectivity index (χ0v) is 9.59. The van der Waals surface area contributed by atoms with Gasteiger partial charge in [0, 0.05) is 4.70 Å². The first-order valence-corrected chi connectivity index (χ1v) is 0. The minimum Gasteiger partial charge on any atom is -2.00 e. The van der Waals surface area contributed by atoms with Crippen molar-refractivity contribution >= 4 is 0 Å². The van der Waals surface area contributed by atoms with Crippen LogP contribution in [-0.2, 0) is 16.4 Å². The quantitative estimate of drug-likeness (QED) is 0.591. The molecule has 0 saturated heterocycles. The van der Waals surface area contributed by atoms with Gasteiger partial charge in [-0.1, -0.05) is 0 Å². The van der Waals surface area contributed by atoms with Crippen LogP contribution in [0, 0.1) is 82.1 Å². The van der Waals surface area contributed by atoms with Crippen molar-refractivity contribution in [2.75, 3.05) is 0 Å². The molecule has 0 heterocycles. The SMILES string of the molecule is [F].[Nd+3].[O-2].[O-2].[O-2].[Pr+3]. The molecule has 0 aromatic rings. The third-order valence-corrected chi connectivity index (χ3v) is 0. The van der Waals surface area contributed by atoms with E-state index in [0.29, 0.717) is 0 Å². The van der Waals surface area contributed by atoms with Crippen molar-refractivity contribution in [1.82, 2.24) is 0 Å². The minimum absolute atomic E-state index is 0. The molecule has 0 amide bonds. The second kappa shape index (κ2) is 50.3. The average Bonchev–Trinajstić information content (AvgIpc) is 0. The van der Waals surface area contributed by atoms with Crippen molar-refractivity contribution in [1.29, 1.82) is 0 Å². The van der Waals surface area contributed by atoms with Gasteiger partial charge < -0.3 is 16.4 Å². The van der Waals surface area contributed by atoms with Crippen molar-refractivity contribution in [2.45, 2.75) is 0 Å². The van der Waals surface area contributed by atoms with Crippen LogP contribution in [-0.4, -0.2) is 0 Å². The van der Waals surface area contributed by atoms with Crippen LogP contribution in [0.1, 0.15) is 0 Å². The molecule has 0 spiro atoms. The van der Waals surface area contributed by atoms with E-state index in [2.05, 4.69) is 0 Å². The largest absolute Gasteiger partial charge is 3.00 e. The summed E-state index contributed by atoms with van der Waals surface area (Å²) < 4.78 is 0. The molecule has 6 heteroatoms. The van der Waals surface area contributed by atoms with Gasteiger partial charge >= 0.3 is 82.1 Å². The summed E-state index contributed by atoms with van der Waals surface area (Å²) in [6.07, 6.45) is 0. The molecular weight excluding hydrogens is 352 g/mol. The number of hydrogen-bond acceptors (Lipinski definition) is 0. The van der Waals surface area contributed by atoms with Gasteiger partial charge in [0.15, 0.2) is 0 Å². The Labute approximate surface area is 101 Å². The van der Waals surface area contributed by atoms with E-state index in [-0.39, 0.29) is 103 Å². The Balaban J connectivity index is 0. The van der Waals surface area contributed by atoms with Crippen LogP contribution >= 0.6 is 0 Å². The van der Waals surface area contributed by atoms with Gasteiger partial charge in [-0.15, -0.1) is 0 Å². The molecule has 0 unspecified atom stereocenters. The van der Waals surface area contributed by atoms with E-state index in [4.69, 9.17) is 0 Å². The summed E-state index contributed by atoms with van der Waals surface area (Å²) >= 11 is 0. The summed E-state index contributed by atoms with van der Waals surface area (Å²) in [7, 11) is 0. The van der Waals surface area contributed by atoms with E-state index in [1.165, 1.54) is 0 Å². The Morgan fingerprint density at radius 2 is 0.667 bits per heavy atom. The van der Waals surface area contributed by atoms with Gasteiger partial charge in [-0.3, -0.25) is 0 Å². The van der Waals surface area contributed by atoms with Crippen LogP contribution in [0.25, 0.3) is 0 Å². The van der Waals surface area contributed by atoms with Gasteiger partial charge in [-0.25, -0.2) is 0 Å². The van der Waals surface area contributed by atoms with E-state index in [0.717, 1.165) is 0 Å². The monoisotopic (exact) mass is 350 g/mol. The van der Waals surface area contributed by atoms with Crippen molar-refractivity contribution in [3.63, 3.8) is 0 Å². The molecule has 2 radical (unpaired) electrons.